The molecule has 3 aromatic heterocycles. The summed E-state index contributed by atoms with van der Waals surface area (Å²) >= 11 is 0. The maximum absolute atomic E-state index is 13.1. The van der Waals surface area contributed by atoms with E-state index in [0.717, 1.165) is 0 Å². The Kier molecular flexibility index (Phi) is 4.79. The summed E-state index contributed by atoms with van der Waals surface area (Å²) in [5, 5.41) is 11.3. The van der Waals surface area contributed by atoms with Gasteiger partial charge in [-0.3, -0.25) is 14.3 Å². The van der Waals surface area contributed by atoms with E-state index in [1.165, 1.54) is 21.5 Å². The molecule has 174 valence electrons. The van der Waals surface area contributed by atoms with E-state index in [0.29, 0.717) is 49.0 Å². The van der Waals surface area contributed by atoms with Crippen molar-refractivity contribution in [3.63, 3.8) is 0 Å². The molecule has 5 rings (SSSR count). The van der Waals surface area contributed by atoms with Crippen LogP contribution in [-0.4, -0.2) is 74.4 Å². The fourth-order valence-electron chi connectivity index (χ4n) is 3.77. The molecule has 0 bridgehead atoms. The van der Waals surface area contributed by atoms with Crippen molar-refractivity contribution in [3.8, 4) is 17.1 Å². The molecule has 1 aliphatic rings. The lowest BCUT2D eigenvalue weighted by Crippen LogP contribution is -2.41. The maximum Gasteiger partial charge on any atom is 0.274 e. The molecule has 11 heteroatoms. The molecule has 1 fully saturated rings. The van der Waals surface area contributed by atoms with Crippen LogP contribution in [0.1, 0.15) is 25.0 Å². The molecule has 34 heavy (non-hydrogen) atoms. The number of aryl methyl sites for hydroxylation is 1. The number of carbonyl (C=O) groups is 2. The summed E-state index contributed by atoms with van der Waals surface area (Å²) in [4.78, 5) is 32.3. The molecule has 0 radical (unpaired) electrons. The second-order valence-corrected chi connectivity index (χ2v) is 7.67. The lowest BCUT2D eigenvalue weighted by Gasteiger charge is -2.26. The van der Waals surface area contributed by atoms with Crippen LogP contribution in [-0.2, 0) is 11.8 Å². The van der Waals surface area contributed by atoms with Gasteiger partial charge < -0.3 is 19.7 Å². The SMILES string of the molecule is [3H]C([3H])([3H])Oc1cccc(-c2nc3cc(NC(=O)c4c(C(=O)N5CCOCC5)cnn4C)ccn3n2)c1. The fraction of sp³-hybridized carbons (Fsp3) is 0.261. The monoisotopic (exact) mass is 467 g/mol. The molecular weight excluding hydrogens is 438 g/mol. The Morgan fingerprint density at radius 1 is 1.21 bits per heavy atom. The van der Waals surface area contributed by atoms with Crippen LogP contribution in [0.2, 0.25) is 0 Å². The first-order chi connectivity index (χ1) is 17.7. The minimum absolute atomic E-state index is 0.143. The molecule has 1 aliphatic heterocycles. The van der Waals surface area contributed by atoms with E-state index in [9.17, 15) is 9.59 Å². The fourth-order valence-corrected chi connectivity index (χ4v) is 3.77. The van der Waals surface area contributed by atoms with E-state index in [2.05, 4.69) is 20.5 Å². The van der Waals surface area contributed by atoms with Crippen molar-refractivity contribution >= 4 is 23.1 Å². The minimum Gasteiger partial charge on any atom is -0.497 e. The molecule has 4 aromatic rings. The Hall–Kier alpha value is -4.25. The highest BCUT2D eigenvalue weighted by atomic mass is 16.5. The van der Waals surface area contributed by atoms with Gasteiger partial charge >= 0.3 is 0 Å². The first-order valence-corrected chi connectivity index (χ1v) is 10.5. The van der Waals surface area contributed by atoms with Gasteiger partial charge in [-0.25, -0.2) is 9.50 Å². The van der Waals surface area contributed by atoms with Gasteiger partial charge in [0.2, 0.25) is 0 Å². The van der Waals surface area contributed by atoms with Gasteiger partial charge in [-0.1, -0.05) is 12.1 Å². The van der Waals surface area contributed by atoms with E-state index in [-0.39, 0.29) is 22.9 Å². The number of amides is 2. The average molecular weight is 468 g/mol. The zero-order valence-corrected chi connectivity index (χ0v) is 18.3. The highest BCUT2D eigenvalue weighted by Crippen LogP contribution is 2.23. The number of fused-ring (bicyclic) bond motifs is 1. The van der Waals surface area contributed by atoms with Crippen molar-refractivity contribution in [1.29, 1.82) is 0 Å². The zero-order chi connectivity index (χ0) is 26.2. The maximum atomic E-state index is 13.1. The highest BCUT2D eigenvalue weighted by Gasteiger charge is 2.27. The molecule has 0 aliphatic carbocycles. The summed E-state index contributed by atoms with van der Waals surface area (Å²) in [6, 6.07) is 9.75. The van der Waals surface area contributed by atoms with Crippen molar-refractivity contribution in [2.24, 2.45) is 7.05 Å². The van der Waals surface area contributed by atoms with Crippen LogP contribution >= 0.6 is 0 Å². The predicted octanol–water partition coefficient (Wildman–Crippen LogP) is 1.86. The molecule has 0 atom stereocenters. The molecule has 11 nitrogen and oxygen atoms in total. The number of ether oxygens (including phenoxy) is 2. The predicted molar refractivity (Wildman–Crippen MR) is 123 cm³/mol. The minimum atomic E-state index is -2.57. The molecule has 0 unspecified atom stereocenters. The Balaban J connectivity index is 1.37. The largest absolute Gasteiger partial charge is 0.497 e. The quantitative estimate of drug-likeness (QED) is 0.476. The van der Waals surface area contributed by atoms with Crippen LogP contribution in [0.3, 0.4) is 0 Å². The van der Waals surface area contributed by atoms with Gasteiger partial charge in [0, 0.05) is 43.7 Å². The molecule has 1 saturated heterocycles. The number of nitrogens with zero attached hydrogens (tertiary/aromatic N) is 6. The van der Waals surface area contributed by atoms with Crippen LogP contribution in [0.15, 0.2) is 48.8 Å². The van der Waals surface area contributed by atoms with E-state index >= 15 is 0 Å². The van der Waals surface area contributed by atoms with Crippen molar-refractivity contribution in [2.45, 2.75) is 0 Å². The lowest BCUT2D eigenvalue weighted by atomic mass is 10.2. The number of benzene rings is 1. The number of aromatic nitrogens is 5. The average Bonchev–Trinajstić information content (AvgIpc) is 3.46. The van der Waals surface area contributed by atoms with Gasteiger partial charge in [0.15, 0.2) is 11.5 Å². The summed E-state index contributed by atoms with van der Waals surface area (Å²) in [5.41, 5.74) is 1.82. The molecule has 1 N–H and O–H groups in total. The van der Waals surface area contributed by atoms with Crippen LogP contribution in [0.25, 0.3) is 17.0 Å². The van der Waals surface area contributed by atoms with Gasteiger partial charge in [0.25, 0.3) is 11.8 Å². The molecule has 0 saturated carbocycles. The Morgan fingerprint density at radius 3 is 2.88 bits per heavy atom. The Bertz CT molecular complexity index is 1470. The lowest BCUT2D eigenvalue weighted by molar-refractivity contribution is 0.0302. The third-order valence-corrected chi connectivity index (χ3v) is 5.49. The van der Waals surface area contributed by atoms with E-state index in [4.69, 9.17) is 13.6 Å². The third kappa shape index (κ3) is 4.08. The third-order valence-electron chi connectivity index (χ3n) is 5.49. The van der Waals surface area contributed by atoms with Crippen molar-refractivity contribution < 1.29 is 23.2 Å². The summed E-state index contributed by atoms with van der Waals surface area (Å²) < 4.78 is 35.0. The summed E-state index contributed by atoms with van der Waals surface area (Å²) in [5.74, 6) is -0.244. The first-order valence-electron chi connectivity index (χ1n) is 12.0. The van der Waals surface area contributed by atoms with Crippen LogP contribution < -0.4 is 10.1 Å². The highest BCUT2D eigenvalue weighted by molar-refractivity contribution is 6.11. The number of hydrogen-bond acceptors (Lipinski definition) is 7. The topological polar surface area (TPSA) is 116 Å². The Labute approximate surface area is 199 Å². The van der Waals surface area contributed by atoms with Crippen molar-refractivity contribution in [1.82, 2.24) is 29.3 Å². The number of anilines is 1. The van der Waals surface area contributed by atoms with Crippen LogP contribution in [0.5, 0.6) is 5.75 Å². The van der Waals surface area contributed by atoms with Gasteiger partial charge in [0.05, 0.1) is 36.1 Å². The van der Waals surface area contributed by atoms with E-state index < -0.39 is 12.9 Å². The van der Waals surface area contributed by atoms with Crippen LogP contribution in [0.4, 0.5) is 5.69 Å². The van der Waals surface area contributed by atoms with Gasteiger partial charge in [-0.15, -0.1) is 5.10 Å². The van der Waals surface area contributed by atoms with Crippen molar-refractivity contribution in [2.75, 3.05) is 38.7 Å². The number of methoxy groups -OCH3 is 1. The van der Waals surface area contributed by atoms with Gasteiger partial charge in [-0.2, -0.15) is 5.10 Å². The number of morpholine rings is 1. The molecule has 2 amide bonds. The van der Waals surface area contributed by atoms with Crippen molar-refractivity contribution in [3.05, 3.63) is 60.0 Å². The Morgan fingerprint density at radius 2 is 2.06 bits per heavy atom. The standard InChI is InChI=1S/C23H23N7O4/c1-28-20(18(14-24-28)23(32)29-8-10-34-11-9-29)22(31)25-16-6-7-30-19(13-16)26-21(27-30)15-4-3-5-17(12-15)33-2/h3-7,12-14H,8-11H2,1-2H3,(H,25,31)/i2T3. The van der Waals surface area contributed by atoms with Gasteiger partial charge in [0.1, 0.15) is 11.4 Å². The van der Waals surface area contributed by atoms with E-state index in [1.807, 2.05) is 0 Å². The molecule has 0 spiro atoms. The molecule has 1 aromatic carbocycles. The van der Waals surface area contributed by atoms with E-state index in [1.54, 1.807) is 48.5 Å². The normalized spacial score (nSPS) is 15.4. The summed E-state index contributed by atoms with van der Waals surface area (Å²) in [6.45, 7) is 1.80. The molecular formula is C23H23N7O4. The first kappa shape index (κ1) is 18.2. The second-order valence-electron chi connectivity index (χ2n) is 7.67. The van der Waals surface area contributed by atoms with Crippen LogP contribution in [0, 0.1) is 0 Å². The number of hydrogen-bond donors (Lipinski definition) is 1. The number of carbonyl (C=O) groups excluding carboxylic acids is 2. The number of rotatable bonds is 5. The number of nitrogens with one attached hydrogen (secondary N) is 1. The molecule has 4 heterocycles. The zero-order valence-electron chi connectivity index (χ0n) is 21.3. The number of pyridine rings is 1. The van der Waals surface area contributed by atoms with Gasteiger partial charge in [-0.05, 0) is 18.2 Å². The smallest absolute Gasteiger partial charge is 0.274 e. The second kappa shape index (κ2) is 8.94. The summed E-state index contributed by atoms with van der Waals surface area (Å²) in [7, 11) is -0.971. The summed E-state index contributed by atoms with van der Waals surface area (Å²) in [6.07, 6.45) is 3.03.